The van der Waals surface area contributed by atoms with Gasteiger partial charge in [0.15, 0.2) is 0 Å². The molecule has 2 aromatic heterocycles. The summed E-state index contributed by atoms with van der Waals surface area (Å²) in [5.41, 5.74) is 2.99. The lowest BCUT2D eigenvalue weighted by Gasteiger charge is -2.18. The SMILES string of the molecule is CCc1ccc(NC(=O)[C@@H](C)n2cnc3sc4c(c3c2=O)CC[C@H](C)C4)cc1. The van der Waals surface area contributed by atoms with Gasteiger partial charge in [-0.1, -0.05) is 26.0 Å². The summed E-state index contributed by atoms with van der Waals surface area (Å²) in [5, 5.41) is 3.61. The fraction of sp³-hybridized carbons (Fsp3) is 0.409. The summed E-state index contributed by atoms with van der Waals surface area (Å²) in [6.07, 6.45) is 5.49. The first-order chi connectivity index (χ1) is 13.5. The second-order valence-electron chi connectivity index (χ2n) is 7.70. The highest BCUT2D eigenvalue weighted by atomic mass is 32.1. The first-order valence-corrected chi connectivity index (χ1v) is 10.7. The Morgan fingerprint density at radius 1 is 1.36 bits per heavy atom. The molecular weight excluding hydrogens is 370 g/mol. The van der Waals surface area contributed by atoms with E-state index in [4.69, 9.17) is 0 Å². The van der Waals surface area contributed by atoms with Gasteiger partial charge in [0.1, 0.15) is 10.9 Å². The van der Waals surface area contributed by atoms with Crippen molar-refractivity contribution in [2.75, 3.05) is 5.32 Å². The second kappa shape index (κ2) is 7.51. The summed E-state index contributed by atoms with van der Waals surface area (Å²) in [6, 6.07) is 7.15. The highest BCUT2D eigenvalue weighted by Gasteiger charge is 2.25. The molecule has 1 aliphatic carbocycles. The van der Waals surface area contributed by atoms with E-state index in [1.807, 2.05) is 24.3 Å². The third kappa shape index (κ3) is 3.37. The number of benzene rings is 1. The number of carbonyl (C=O) groups excluding carboxylic acids is 1. The average molecular weight is 396 g/mol. The van der Waals surface area contributed by atoms with Crippen LogP contribution in [0.3, 0.4) is 0 Å². The first kappa shape index (κ1) is 18.9. The van der Waals surface area contributed by atoms with Gasteiger partial charge in [-0.2, -0.15) is 0 Å². The summed E-state index contributed by atoms with van der Waals surface area (Å²) >= 11 is 1.63. The van der Waals surface area contributed by atoms with Crippen molar-refractivity contribution in [1.29, 1.82) is 0 Å². The Morgan fingerprint density at radius 3 is 2.82 bits per heavy atom. The van der Waals surface area contributed by atoms with Crippen molar-refractivity contribution in [3.8, 4) is 0 Å². The molecule has 28 heavy (non-hydrogen) atoms. The van der Waals surface area contributed by atoms with Crippen molar-refractivity contribution in [2.24, 2.45) is 5.92 Å². The summed E-state index contributed by atoms with van der Waals surface area (Å²) < 4.78 is 1.46. The molecule has 2 heterocycles. The van der Waals surface area contributed by atoms with E-state index in [0.29, 0.717) is 11.3 Å². The van der Waals surface area contributed by atoms with Crippen LogP contribution in [0.25, 0.3) is 10.2 Å². The van der Waals surface area contributed by atoms with Crippen LogP contribution < -0.4 is 10.9 Å². The third-order valence-electron chi connectivity index (χ3n) is 5.67. The minimum absolute atomic E-state index is 0.110. The number of nitrogens with one attached hydrogen (secondary N) is 1. The maximum absolute atomic E-state index is 13.2. The molecule has 1 aromatic carbocycles. The Hall–Kier alpha value is -2.47. The fourth-order valence-electron chi connectivity index (χ4n) is 3.82. The standard InChI is InChI=1S/C22H25N3O2S/c1-4-15-6-8-16(9-7-15)24-20(26)14(3)25-12-23-21-19(22(25)27)17-10-5-13(2)11-18(17)28-21/h6-9,12-14H,4-5,10-11H2,1-3H3,(H,24,26)/t13-,14+/m0/s1. The lowest BCUT2D eigenvalue weighted by molar-refractivity contribution is -0.118. The Labute approximate surface area is 168 Å². The van der Waals surface area contributed by atoms with Crippen LogP contribution in [0.4, 0.5) is 5.69 Å². The molecule has 6 heteroatoms. The van der Waals surface area contributed by atoms with Crippen molar-refractivity contribution in [2.45, 2.75) is 52.5 Å². The highest BCUT2D eigenvalue weighted by molar-refractivity contribution is 7.18. The number of nitrogens with zero attached hydrogens (tertiary/aromatic N) is 2. The summed E-state index contributed by atoms with van der Waals surface area (Å²) in [6.45, 7) is 6.08. The fourth-order valence-corrected chi connectivity index (χ4v) is 5.16. The van der Waals surface area contributed by atoms with Crippen LogP contribution in [0, 0.1) is 5.92 Å². The number of aromatic nitrogens is 2. The Bertz CT molecular complexity index is 1080. The number of amides is 1. The molecule has 2 atom stereocenters. The summed E-state index contributed by atoms with van der Waals surface area (Å²) in [4.78, 5) is 32.5. The Morgan fingerprint density at radius 2 is 2.11 bits per heavy atom. The van der Waals surface area contributed by atoms with E-state index in [1.54, 1.807) is 18.3 Å². The maximum atomic E-state index is 13.2. The largest absolute Gasteiger partial charge is 0.324 e. The molecule has 0 saturated carbocycles. The van der Waals surface area contributed by atoms with Gasteiger partial charge in [-0.25, -0.2) is 4.98 Å². The zero-order valence-corrected chi connectivity index (χ0v) is 17.3. The minimum atomic E-state index is -0.631. The lowest BCUT2D eigenvalue weighted by atomic mass is 9.89. The number of carbonyl (C=O) groups is 1. The number of thiophene rings is 1. The number of hydrogen-bond acceptors (Lipinski definition) is 4. The molecule has 5 nitrogen and oxygen atoms in total. The maximum Gasteiger partial charge on any atom is 0.263 e. The van der Waals surface area contributed by atoms with Crippen molar-refractivity contribution in [1.82, 2.24) is 9.55 Å². The molecule has 3 aromatic rings. The number of hydrogen-bond donors (Lipinski definition) is 1. The number of aryl methyl sites for hydroxylation is 2. The molecule has 0 radical (unpaired) electrons. The number of rotatable bonds is 4. The molecule has 0 fully saturated rings. The molecule has 146 valence electrons. The van der Waals surface area contributed by atoms with Crippen LogP contribution in [0.5, 0.6) is 0 Å². The van der Waals surface area contributed by atoms with E-state index >= 15 is 0 Å². The van der Waals surface area contributed by atoms with Gasteiger partial charge in [0.2, 0.25) is 5.91 Å². The topological polar surface area (TPSA) is 64.0 Å². The van der Waals surface area contributed by atoms with Crippen LogP contribution >= 0.6 is 11.3 Å². The van der Waals surface area contributed by atoms with Gasteiger partial charge < -0.3 is 5.32 Å². The molecule has 0 aliphatic heterocycles. The summed E-state index contributed by atoms with van der Waals surface area (Å²) in [5.74, 6) is 0.428. The molecule has 0 spiro atoms. The minimum Gasteiger partial charge on any atom is -0.324 e. The first-order valence-electron chi connectivity index (χ1n) is 9.89. The Kier molecular flexibility index (Phi) is 5.06. The van der Waals surface area contributed by atoms with Gasteiger partial charge in [0.25, 0.3) is 5.56 Å². The lowest BCUT2D eigenvalue weighted by Crippen LogP contribution is -2.32. The predicted molar refractivity (Wildman–Crippen MR) is 114 cm³/mol. The number of fused-ring (bicyclic) bond motifs is 3. The van der Waals surface area contributed by atoms with Crippen LogP contribution in [-0.2, 0) is 24.1 Å². The Balaban J connectivity index is 1.63. The molecule has 0 unspecified atom stereocenters. The van der Waals surface area contributed by atoms with E-state index in [2.05, 4.69) is 24.1 Å². The van der Waals surface area contributed by atoms with Crippen molar-refractivity contribution in [3.63, 3.8) is 0 Å². The van der Waals surface area contributed by atoms with Crippen molar-refractivity contribution >= 4 is 33.1 Å². The average Bonchev–Trinajstić information content (AvgIpc) is 3.06. The predicted octanol–water partition coefficient (Wildman–Crippen LogP) is 4.34. The zero-order valence-electron chi connectivity index (χ0n) is 16.5. The van der Waals surface area contributed by atoms with Gasteiger partial charge in [0, 0.05) is 10.6 Å². The van der Waals surface area contributed by atoms with Gasteiger partial charge in [-0.3, -0.25) is 14.2 Å². The summed E-state index contributed by atoms with van der Waals surface area (Å²) in [7, 11) is 0. The van der Waals surface area contributed by atoms with Gasteiger partial charge in [-0.15, -0.1) is 11.3 Å². The smallest absolute Gasteiger partial charge is 0.263 e. The molecule has 0 bridgehead atoms. The molecule has 1 amide bonds. The quantitative estimate of drug-likeness (QED) is 0.714. The monoisotopic (exact) mass is 395 g/mol. The molecule has 4 rings (SSSR count). The van der Waals surface area contributed by atoms with E-state index in [1.165, 1.54) is 21.3 Å². The molecule has 1 N–H and O–H groups in total. The molecule has 0 saturated heterocycles. The van der Waals surface area contributed by atoms with Gasteiger partial charge in [0.05, 0.1) is 11.7 Å². The van der Waals surface area contributed by atoms with Crippen LogP contribution in [-0.4, -0.2) is 15.5 Å². The van der Waals surface area contributed by atoms with E-state index in [9.17, 15) is 9.59 Å². The van der Waals surface area contributed by atoms with Crippen LogP contribution in [0.2, 0.25) is 0 Å². The van der Waals surface area contributed by atoms with Crippen LogP contribution in [0.1, 0.15) is 49.2 Å². The second-order valence-corrected chi connectivity index (χ2v) is 8.79. The molecule has 1 aliphatic rings. The van der Waals surface area contributed by atoms with Crippen molar-refractivity contribution < 1.29 is 4.79 Å². The molecular formula is C22H25N3O2S. The van der Waals surface area contributed by atoms with E-state index < -0.39 is 6.04 Å². The van der Waals surface area contributed by atoms with Crippen molar-refractivity contribution in [3.05, 3.63) is 57.0 Å². The third-order valence-corrected chi connectivity index (χ3v) is 6.83. The van der Waals surface area contributed by atoms with Crippen LogP contribution in [0.15, 0.2) is 35.4 Å². The van der Waals surface area contributed by atoms with Gasteiger partial charge >= 0.3 is 0 Å². The normalized spacial score (nSPS) is 17.3. The van der Waals surface area contributed by atoms with E-state index in [0.717, 1.165) is 41.8 Å². The van der Waals surface area contributed by atoms with E-state index in [-0.39, 0.29) is 11.5 Å². The zero-order chi connectivity index (χ0) is 19.8. The highest BCUT2D eigenvalue weighted by Crippen LogP contribution is 2.35. The number of anilines is 1. The van der Waals surface area contributed by atoms with Gasteiger partial charge in [-0.05, 0) is 61.8 Å².